The van der Waals surface area contributed by atoms with Crippen molar-refractivity contribution in [1.29, 1.82) is 0 Å². The maximum atomic E-state index is 10.7. The molecule has 1 unspecified atom stereocenters. The highest BCUT2D eigenvalue weighted by molar-refractivity contribution is 7.45. The Kier molecular flexibility index (Phi) is 3.37. The highest BCUT2D eigenvalue weighted by Gasteiger charge is 1.98. The third-order valence-electron chi connectivity index (χ3n) is 0.992. The fourth-order valence-corrected chi connectivity index (χ4v) is 1.22. The summed E-state index contributed by atoms with van der Waals surface area (Å²) in [7, 11) is -1.20. The van der Waals surface area contributed by atoms with Crippen LogP contribution in [0.5, 0.6) is 0 Å². The van der Waals surface area contributed by atoms with Gasteiger partial charge in [0.05, 0.1) is 7.80 Å². The van der Waals surface area contributed by atoms with E-state index in [-0.39, 0.29) is 0 Å². The molecule has 0 aromatic carbocycles. The van der Waals surface area contributed by atoms with Crippen molar-refractivity contribution in [3.8, 4) is 0 Å². The molecule has 0 N–H and O–H groups in total. The van der Waals surface area contributed by atoms with Gasteiger partial charge in [0.25, 0.3) is 0 Å². The van der Waals surface area contributed by atoms with Crippen LogP contribution in [-0.2, 0) is 4.57 Å². The summed E-state index contributed by atoms with van der Waals surface area (Å²) < 4.78 is 10.7. The summed E-state index contributed by atoms with van der Waals surface area (Å²) in [6.45, 7) is 5.98. The second-order valence-electron chi connectivity index (χ2n) is 1.97. The second-order valence-corrected chi connectivity index (χ2v) is 4.77. The zero-order valence-corrected chi connectivity index (χ0v) is 6.19. The van der Waals surface area contributed by atoms with Gasteiger partial charge in [-0.25, -0.2) is 0 Å². The highest BCUT2D eigenvalue weighted by Crippen LogP contribution is 2.25. The SMILES string of the molecule is CC[PH](=O)C(C)C. The van der Waals surface area contributed by atoms with Crippen molar-refractivity contribution >= 4 is 7.80 Å². The summed E-state index contributed by atoms with van der Waals surface area (Å²) in [4.78, 5) is 0. The molecule has 0 aliphatic heterocycles. The van der Waals surface area contributed by atoms with Gasteiger partial charge in [-0.3, -0.25) is 0 Å². The van der Waals surface area contributed by atoms with E-state index in [1.54, 1.807) is 0 Å². The Labute approximate surface area is 45.9 Å². The van der Waals surface area contributed by atoms with E-state index in [1.165, 1.54) is 0 Å². The molecule has 1 nitrogen and oxygen atoms in total. The van der Waals surface area contributed by atoms with E-state index in [1.807, 2.05) is 20.8 Å². The average molecular weight is 120 g/mol. The molecule has 0 amide bonds. The van der Waals surface area contributed by atoms with Crippen LogP contribution in [0.1, 0.15) is 20.8 Å². The molecule has 0 heterocycles. The van der Waals surface area contributed by atoms with Crippen molar-refractivity contribution in [3.05, 3.63) is 0 Å². The maximum absolute atomic E-state index is 10.7. The predicted molar refractivity (Wildman–Crippen MR) is 34.7 cm³/mol. The summed E-state index contributed by atoms with van der Waals surface area (Å²) in [6.07, 6.45) is 0.863. The van der Waals surface area contributed by atoms with E-state index in [2.05, 4.69) is 0 Å². The molecule has 0 radical (unpaired) electrons. The number of hydrogen-bond acceptors (Lipinski definition) is 1. The predicted octanol–water partition coefficient (Wildman–Crippen LogP) is 1.97. The van der Waals surface area contributed by atoms with Crippen molar-refractivity contribution in [1.82, 2.24) is 0 Å². The van der Waals surface area contributed by atoms with Crippen LogP contribution in [0.3, 0.4) is 0 Å². The maximum Gasteiger partial charge on any atom is 0.0783 e. The van der Waals surface area contributed by atoms with Crippen molar-refractivity contribution in [2.24, 2.45) is 0 Å². The minimum Gasteiger partial charge on any atom is -0.327 e. The normalized spacial score (nSPS) is 14.9. The lowest BCUT2D eigenvalue weighted by molar-refractivity contribution is 0.583. The lowest BCUT2D eigenvalue weighted by Crippen LogP contribution is -1.85. The molecule has 2 heteroatoms. The molecule has 0 aliphatic rings. The van der Waals surface area contributed by atoms with E-state index in [0.29, 0.717) is 5.66 Å². The smallest absolute Gasteiger partial charge is 0.0783 e. The van der Waals surface area contributed by atoms with E-state index < -0.39 is 7.80 Å². The zero-order chi connectivity index (χ0) is 5.86. The molecule has 0 saturated carbocycles. The van der Waals surface area contributed by atoms with Gasteiger partial charge in [0.1, 0.15) is 0 Å². The van der Waals surface area contributed by atoms with Crippen LogP contribution in [0.15, 0.2) is 0 Å². The summed E-state index contributed by atoms with van der Waals surface area (Å²) in [6, 6.07) is 0. The third-order valence-corrected chi connectivity index (χ3v) is 2.98. The molecule has 0 aliphatic carbocycles. The van der Waals surface area contributed by atoms with Crippen molar-refractivity contribution < 1.29 is 4.57 Å². The number of rotatable bonds is 2. The van der Waals surface area contributed by atoms with Gasteiger partial charge in [0.15, 0.2) is 0 Å². The Balaban J connectivity index is 3.35. The van der Waals surface area contributed by atoms with Gasteiger partial charge in [-0.05, 0) is 6.16 Å². The summed E-state index contributed by atoms with van der Waals surface area (Å²) in [5.74, 6) is 0. The minimum atomic E-state index is -1.20. The third kappa shape index (κ3) is 2.87. The quantitative estimate of drug-likeness (QED) is 0.509. The van der Waals surface area contributed by atoms with Crippen molar-refractivity contribution in [2.45, 2.75) is 26.4 Å². The first-order valence-electron chi connectivity index (χ1n) is 2.71. The van der Waals surface area contributed by atoms with Crippen molar-refractivity contribution in [2.75, 3.05) is 6.16 Å². The van der Waals surface area contributed by atoms with Crippen molar-refractivity contribution in [3.63, 3.8) is 0 Å². The van der Waals surface area contributed by atoms with E-state index in [9.17, 15) is 4.57 Å². The molecule has 1 atom stereocenters. The van der Waals surface area contributed by atoms with E-state index in [4.69, 9.17) is 0 Å². The van der Waals surface area contributed by atoms with Gasteiger partial charge < -0.3 is 4.57 Å². The molecule has 0 fully saturated rings. The monoisotopic (exact) mass is 120 g/mol. The molecular formula is C5H13OP. The molecule has 0 aromatic rings. The Morgan fingerprint density at radius 1 is 1.57 bits per heavy atom. The summed E-state index contributed by atoms with van der Waals surface area (Å²) in [5.41, 5.74) is 0.412. The molecule has 0 saturated heterocycles. The fraction of sp³-hybridized carbons (Fsp3) is 1.00. The molecule has 0 aromatic heterocycles. The van der Waals surface area contributed by atoms with Crippen LogP contribution in [0.25, 0.3) is 0 Å². The molecular weight excluding hydrogens is 107 g/mol. The topological polar surface area (TPSA) is 17.1 Å². The Morgan fingerprint density at radius 3 is 2.00 bits per heavy atom. The minimum absolute atomic E-state index is 0.412. The van der Waals surface area contributed by atoms with Gasteiger partial charge in [0, 0.05) is 5.66 Å². The first-order chi connectivity index (χ1) is 3.18. The lowest BCUT2D eigenvalue weighted by atomic mass is 10.6. The zero-order valence-electron chi connectivity index (χ0n) is 5.19. The first kappa shape index (κ1) is 7.23. The Morgan fingerprint density at radius 2 is 2.00 bits per heavy atom. The fourth-order valence-electron chi connectivity index (χ4n) is 0.408. The Hall–Kier alpha value is 0.230. The van der Waals surface area contributed by atoms with E-state index >= 15 is 0 Å². The van der Waals surface area contributed by atoms with Crippen LogP contribution < -0.4 is 0 Å². The van der Waals surface area contributed by atoms with Gasteiger partial charge in [-0.2, -0.15) is 0 Å². The first-order valence-corrected chi connectivity index (χ1v) is 4.40. The number of hydrogen-bond donors (Lipinski definition) is 0. The van der Waals surface area contributed by atoms with Crippen LogP contribution in [0.2, 0.25) is 0 Å². The van der Waals surface area contributed by atoms with Gasteiger partial charge in [0.2, 0.25) is 0 Å². The van der Waals surface area contributed by atoms with Crippen LogP contribution in [0.4, 0.5) is 0 Å². The second kappa shape index (κ2) is 3.26. The average Bonchev–Trinajstić information content (AvgIpc) is 1.65. The molecule has 7 heavy (non-hydrogen) atoms. The largest absolute Gasteiger partial charge is 0.327 e. The molecule has 0 rings (SSSR count). The van der Waals surface area contributed by atoms with Crippen LogP contribution >= 0.6 is 7.80 Å². The highest BCUT2D eigenvalue weighted by atomic mass is 31.1. The van der Waals surface area contributed by atoms with Crippen LogP contribution in [-0.4, -0.2) is 11.8 Å². The summed E-state index contributed by atoms with van der Waals surface area (Å²) >= 11 is 0. The summed E-state index contributed by atoms with van der Waals surface area (Å²) in [5, 5.41) is 0. The van der Waals surface area contributed by atoms with Crippen LogP contribution in [0, 0.1) is 0 Å². The lowest BCUT2D eigenvalue weighted by Gasteiger charge is -1.98. The molecule has 44 valence electrons. The molecule has 0 bridgehead atoms. The van der Waals surface area contributed by atoms with E-state index in [0.717, 1.165) is 6.16 Å². The van der Waals surface area contributed by atoms with Gasteiger partial charge in [-0.15, -0.1) is 0 Å². The van der Waals surface area contributed by atoms with Gasteiger partial charge in [-0.1, -0.05) is 20.8 Å². The standard InChI is InChI=1S/C5H13OP/c1-4-7(6)5(2)3/h5,7H,4H2,1-3H3. The Bertz CT molecular complexity index is 68.5. The molecule has 0 spiro atoms. The van der Waals surface area contributed by atoms with Gasteiger partial charge >= 0.3 is 0 Å².